The summed E-state index contributed by atoms with van der Waals surface area (Å²) in [6.07, 6.45) is 1.20. The zero-order valence-corrected chi connectivity index (χ0v) is 18.9. The van der Waals surface area contributed by atoms with E-state index >= 15 is 0 Å². The van der Waals surface area contributed by atoms with Gasteiger partial charge >= 0.3 is 0 Å². The number of aromatic nitrogens is 1. The fraction of sp³-hybridized carbons (Fsp3) is 0.765. The SMILES string of the molecule is CCc1nc(CNC(=NC)NCC2CN(CC(C)C)CCO2)cs1.I. The summed E-state index contributed by atoms with van der Waals surface area (Å²) in [4.78, 5) is 11.3. The quantitative estimate of drug-likeness (QED) is 0.356. The first-order valence-electron chi connectivity index (χ1n) is 8.82. The van der Waals surface area contributed by atoms with Gasteiger partial charge in [-0.25, -0.2) is 4.98 Å². The Bertz CT molecular complexity index is 523. The molecule has 2 N–H and O–H groups in total. The Balaban J connectivity index is 0.00000312. The second kappa shape index (κ2) is 12.0. The van der Waals surface area contributed by atoms with Gasteiger partial charge in [0.05, 0.1) is 30.0 Å². The zero-order valence-electron chi connectivity index (χ0n) is 15.7. The van der Waals surface area contributed by atoms with Crippen molar-refractivity contribution >= 4 is 41.3 Å². The van der Waals surface area contributed by atoms with Crippen LogP contribution in [0, 0.1) is 5.92 Å². The molecule has 1 fully saturated rings. The van der Waals surface area contributed by atoms with Crippen LogP contribution in [0.3, 0.4) is 0 Å². The lowest BCUT2D eigenvalue weighted by atomic mass is 10.2. The molecule has 144 valence electrons. The summed E-state index contributed by atoms with van der Waals surface area (Å²) < 4.78 is 5.87. The number of hydrogen-bond acceptors (Lipinski definition) is 5. The van der Waals surface area contributed by atoms with Crippen molar-refractivity contribution in [3.8, 4) is 0 Å². The van der Waals surface area contributed by atoms with E-state index in [1.807, 2.05) is 0 Å². The lowest BCUT2D eigenvalue weighted by molar-refractivity contribution is -0.0284. The number of morpholine rings is 1. The van der Waals surface area contributed by atoms with E-state index in [1.165, 1.54) is 5.01 Å². The van der Waals surface area contributed by atoms with Gasteiger partial charge in [0.2, 0.25) is 0 Å². The van der Waals surface area contributed by atoms with Gasteiger partial charge in [0.25, 0.3) is 0 Å². The number of halogens is 1. The minimum Gasteiger partial charge on any atom is -0.374 e. The first kappa shape index (κ1) is 22.6. The average molecular weight is 481 g/mol. The molecule has 0 bridgehead atoms. The predicted octanol–water partition coefficient (Wildman–Crippen LogP) is 2.35. The molecule has 1 aliphatic rings. The number of hydrogen-bond donors (Lipinski definition) is 2. The second-order valence-corrected chi connectivity index (χ2v) is 7.48. The Hall–Kier alpha value is -0.450. The Kier molecular flexibility index (Phi) is 10.9. The van der Waals surface area contributed by atoms with Crippen molar-refractivity contribution in [1.29, 1.82) is 0 Å². The molecule has 1 aliphatic heterocycles. The van der Waals surface area contributed by atoms with Gasteiger partial charge in [0.15, 0.2) is 5.96 Å². The number of aryl methyl sites for hydroxylation is 1. The highest BCUT2D eigenvalue weighted by Gasteiger charge is 2.21. The lowest BCUT2D eigenvalue weighted by Gasteiger charge is -2.34. The molecule has 1 saturated heterocycles. The van der Waals surface area contributed by atoms with Crippen LogP contribution in [-0.2, 0) is 17.7 Å². The van der Waals surface area contributed by atoms with Crippen molar-refractivity contribution in [3.63, 3.8) is 0 Å². The molecule has 1 unspecified atom stereocenters. The van der Waals surface area contributed by atoms with E-state index in [0.29, 0.717) is 12.5 Å². The molecule has 0 aromatic carbocycles. The van der Waals surface area contributed by atoms with Gasteiger partial charge in [-0.1, -0.05) is 20.8 Å². The van der Waals surface area contributed by atoms with Crippen LogP contribution in [0.1, 0.15) is 31.5 Å². The van der Waals surface area contributed by atoms with Gasteiger partial charge in [-0.3, -0.25) is 9.89 Å². The first-order chi connectivity index (χ1) is 11.6. The summed E-state index contributed by atoms with van der Waals surface area (Å²) in [5, 5.41) is 9.97. The van der Waals surface area contributed by atoms with Crippen LogP contribution in [0.5, 0.6) is 0 Å². The van der Waals surface area contributed by atoms with Crippen LogP contribution < -0.4 is 10.6 Å². The van der Waals surface area contributed by atoms with E-state index < -0.39 is 0 Å². The number of guanidine groups is 1. The van der Waals surface area contributed by atoms with Crippen LogP contribution in [-0.4, -0.2) is 61.8 Å². The van der Waals surface area contributed by atoms with Crippen molar-refractivity contribution in [1.82, 2.24) is 20.5 Å². The maximum absolute atomic E-state index is 5.87. The lowest BCUT2D eigenvalue weighted by Crippen LogP contribution is -2.50. The smallest absolute Gasteiger partial charge is 0.191 e. The number of nitrogens with one attached hydrogen (secondary N) is 2. The van der Waals surface area contributed by atoms with Crippen molar-refractivity contribution in [2.45, 2.75) is 39.8 Å². The van der Waals surface area contributed by atoms with E-state index in [9.17, 15) is 0 Å². The molecule has 6 nitrogen and oxygen atoms in total. The Morgan fingerprint density at radius 3 is 2.92 bits per heavy atom. The van der Waals surface area contributed by atoms with E-state index in [0.717, 1.165) is 50.9 Å². The molecular formula is C17H32IN5OS. The molecular weight excluding hydrogens is 449 g/mol. The molecule has 0 saturated carbocycles. The van der Waals surface area contributed by atoms with Crippen LogP contribution in [0.15, 0.2) is 10.4 Å². The third-order valence-electron chi connectivity index (χ3n) is 3.91. The maximum Gasteiger partial charge on any atom is 0.191 e. The van der Waals surface area contributed by atoms with Gasteiger partial charge in [0.1, 0.15) is 0 Å². The number of ether oxygens (including phenoxy) is 1. The predicted molar refractivity (Wildman–Crippen MR) is 116 cm³/mol. The monoisotopic (exact) mass is 481 g/mol. The van der Waals surface area contributed by atoms with Crippen LogP contribution in [0.4, 0.5) is 0 Å². The molecule has 1 aromatic heterocycles. The topological polar surface area (TPSA) is 61.8 Å². The first-order valence-corrected chi connectivity index (χ1v) is 9.70. The normalized spacial score (nSPS) is 18.9. The number of rotatable bonds is 7. The van der Waals surface area contributed by atoms with E-state index in [4.69, 9.17) is 4.74 Å². The van der Waals surface area contributed by atoms with Gasteiger partial charge < -0.3 is 15.4 Å². The zero-order chi connectivity index (χ0) is 17.4. The largest absolute Gasteiger partial charge is 0.374 e. The maximum atomic E-state index is 5.87. The molecule has 2 rings (SSSR count). The van der Waals surface area contributed by atoms with E-state index in [2.05, 4.69) is 51.7 Å². The van der Waals surface area contributed by atoms with Crippen molar-refractivity contribution in [3.05, 3.63) is 16.1 Å². The van der Waals surface area contributed by atoms with Crippen LogP contribution >= 0.6 is 35.3 Å². The minimum absolute atomic E-state index is 0. The van der Waals surface area contributed by atoms with Crippen LogP contribution in [0.2, 0.25) is 0 Å². The molecule has 2 heterocycles. The Morgan fingerprint density at radius 1 is 1.48 bits per heavy atom. The fourth-order valence-electron chi connectivity index (χ4n) is 2.78. The third kappa shape index (κ3) is 8.19. The summed E-state index contributed by atoms with van der Waals surface area (Å²) in [5.41, 5.74) is 1.07. The molecule has 0 radical (unpaired) electrons. The standard InChI is InChI=1S/C17H31N5OS.HI/c1-5-16-21-14(12-24-16)8-19-17(18-4)20-9-15-11-22(6-7-23-15)10-13(2)3;/h12-13,15H,5-11H2,1-4H3,(H2,18,19,20);1H. The minimum atomic E-state index is 0. The Labute approximate surface area is 172 Å². The highest BCUT2D eigenvalue weighted by Crippen LogP contribution is 2.10. The number of nitrogens with zero attached hydrogens (tertiary/aromatic N) is 3. The molecule has 1 aromatic rings. The summed E-state index contributed by atoms with van der Waals surface area (Å²) in [5.74, 6) is 1.49. The summed E-state index contributed by atoms with van der Waals surface area (Å²) >= 11 is 1.71. The molecule has 0 spiro atoms. The molecule has 25 heavy (non-hydrogen) atoms. The van der Waals surface area contributed by atoms with Crippen molar-refractivity contribution < 1.29 is 4.74 Å². The molecule has 1 atom stereocenters. The molecule has 0 aliphatic carbocycles. The number of aliphatic imine (C=N–C) groups is 1. The van der Waals surface area contributed by atoms with Gasteiger partial charge in [-0.15, -0.1) is 35.3 Å². The third-order valence-corrected chi connectivity index (χ3v) is 4.95. The van der Waals surface area contributed by atoms with E-state index in [-0.39, 0.29) is 30.1 Å². The van der Waals surface area contributed by atoms with Gasteiger partial charge in [-0.2, -0.15) is 0 Å². The van der Waals surface area contributed by atoms with Gasteiger partial charge in [-0.05, 0) is 12.3 Å². The summed E-state index contributed by atoms with van der Waals surface area (Å²) in [6.45, 7) is 12.1. The molecule has 0 amide bonds. The second-order valence-electron chi connectivity index (χ2n) is 6.54. The fourth-order valence-corrected chi connectivity index (χ4v) is 3.53. The van der Waals surface area contributed by atoms with Crippen molar-refractivity contribution in [2.75, 3.05) is 39.8 Å². The summed E-state index contributed by atoms with van der Waals surface area (Å²) in [6, 6.07) is 0. The average Bonchev–Trinajstić information content (AvgIpc) is 3.03. The highest BCUT2D eigenvalue weighted by molar-refractivity contribution is 14.0. The van der Waals surface area contributed by atoms with Gasteiger partial charge in [0, 0.05) is 38.6 Å². The van der Waals surface area contributed by atoms with Crippen molar-refractivity contribution in [2.24, 2.45) is 10.9 Å². The van der Waals surface area contributed by atoms with Crippen LogP contribution in [0.25, 0.3) is 0 Å². The highest BCUT2D eigenvalue weighted by atomic mass is 127. The Morgan fingerprint density at radius 2 is 2.28 bits per heavy atom. The number of thiazole rings is 1. The van der Waals surface area contributed by atoms with E-state index in [1.54, 1.807) is 18.4 Å². The molecule has 8 heteroatoms. The summed E-state index contributed by atoms with van der Waals surface area (Å²) in [7, 11) is 1.79.